The summed E-state index contributed by atoms with van der Waals surface area (Å²) in [5, 5.41) is 20.7. The first kappa shape index (κ1) is 15.9. The van der Waals surface area contributed by atoms with Crippen LogP contribution in [0.1, 0.15) is 22.7 Å². The molecule has 4 nitrogen and oxygen atoms in total. The molecule has 0 spiro atoms. The van der Waals surface area contributed by atoms with Crippen LogP contribution in [0.2, 0.25) is 0 Å². The Morgan fingerprint density at radius 2 is 1.50 bits per heavy atom. The highest BCUT2D eigenvalue weighted by atomic mass is 16.3. The molecule has 24 heavy (non-hydrogen) atoms. The van der Waals surface area contributed by atoms with E-state index in [0.29, 0.717) is 18.4 Å². The molecule has 0 saturated heterocycles. The van der Waals surface area contributed by atoms with Gasteiger partial charge in [0.05, 0.1) is 6.04 Å². The fourth-order valence-corrected chi connectivity index (χ4v) is 2.88. The molecule has 2 aromatic carbocycles. The molecule has 0 fully saturated rings. The monoisotopic (exact) mass is 321 g/mol. The van der Waals surface area contributed by atoms with Crippen LogP contribution in [0.5, 0.6) is 11.8 Å². The molecule has 1 heterocycles. The zero-order valence-corrected chi connectivity index (χ0v) is 13.2. The summed E-state index contributed by atoms with van der Waals surface area (Å²) in [6, 6.07) is 20.1. The number of aromatic hydroxyl groups is 2. The number of hydrogen-bond donors (Lipinski definition) is 2. The standard InChI is InChI=1S/C20H19NO3/c22-14-18(12-16-9-5-2-6-10-16)21-19(23)13-17(20(21)24)11-15-7-3-1-4-8-15/h1-10,13-14,18,23-24H,11-12H2. The number of benzene rings is 2. The van der Waals surface area contributed by atoms with Gasteiger partial charge in [-0.25, -0.2) is 0 Å². The van der Waals surface area contributed by atoms with Crippen molar-refractivity contribution in [3.63, 3.8) is 0 Å². The molecule has 1 aromatic heterocycles. The summed E-state index contributed by atoms with van der Waals surface area (Å²) in [5.74, 6) is -0.171. The number of carbonyl (C=O) groups excluding carboxylic acids is 1. The van der Waals surface area contributed by atoms with Gasteiger partial charge in [0.15, 0.2) is 11.8 Å². The van der Waals surface area contributed by atoms with Gasteiger partial charge in [-0.05, 0) is 11.1 Å². The summed E-state index contributed by atoms with van der Waals surface area (Å²) >= 11 is 0. The summed E-state index contributed by atoms with van der Waals surface area (Å²) in [6.07, 6.45) is 1.65. The van der Waals surface area contributed by atoms with E-state index >= 15 is 0 Å². The van der Waals surface area contributed by atoms with Gasteiger partial charge in [0.25, 0.3) is 0 Å². The van der Waals surface area contributed by atoms with Gasteiger partial charge < -0.3 is 15.0 Å². The molecule has 0 radical (unpaired) electrons. The minimum atomic E-state index is -0.656. The van der Waals surface area contributed by atoms with Crippen molar-refractivity contribution >= 4 is 6.29 Å². The molecule has 0 saturated carbocycles. The van der Waals surface area contributed by atoms with Gasteiger partial charge in [-0.3, -0.25) is 4.57 Å². The lowest BCUT2D eigenvalue weighted by molar-refractivity contribution is -0.110. The highest BCUT2D eigenvalue weighted by molar-refractivity contribution is 5.59. The predicted molar refractivity (Wildman–Crippen MR) is 92.3 cm³/mol. The minimum Gasteiger partial charge on any atom is -0.494 e. The number of rotatable bonds is 6. The van der Waals surface area contributed by atoms with Gasteiger partial charge in [-0.1, -0.05) is 60.7 Å². The van der Waals surface area contributed by atoms with E-state index in [1.807, 2.05) is 60.7 Å². The zero-order valence-electron chi connectivity index (χ0n) is 13.2. The Balaban J connectivity index is 1.88. The van der Waals surface area contributed by atoms with Crippen LogP contribution in [0.25, 0.3) is 0 Å². The lowest BCUT2D eigenvalue weighted by Gasteiger charge is -2.15. The minimum absolute atomic E-state index is 0.0654. The van der Waals surface area contributed by atoms with Gasteiger partial charge in [0.2, 0.25) is 0 Å². The highest BCUT2D eigenvalue weighted by Crippen LogP contribution is 2.33. The second-order valence-corrected chi connectivity index (χ2v) is 5.78. The first-order valence-corrected chi connectivity index (χ1v) is 7.84. The third-order valence-electron chi connectivity index (χ3n) is 4.08. The summed E-state index contributed by atoms with van der Waals surface area (Å²) in [5.41, 5.74) is 2.58. The third kappa shape index (κ3) is 3.33. The summed E-state index contributed by atoms with van der Waals surface area (Å²) in [7, 11) is 0. The number of hydrogen-bond acceptors (Lipinski definition) is 3. The van der Waals surface area contributed by atoms with Crippen LogP contribution in [0.15, 0.2) is 66.7 Å². The zero-order chi connectivity index (χ0) is 16.9. The van der Waals surface area contributed by atoms with Crippen LogP contribution < -0.4 is 0 Å². The van der Waals surface area contributed by atoms with Gasteiger partial charge >= 0.3 is 0 Å². The van der Waals surface area contributed by atoms with Crippen molar-refractivity contribution in [2.45, 2.75) is 18.9 Å². The van der Waals surface area contributed by atoms with Gasteiger partial charge in [0, 0.05) is 24.5 Å². The van der Waals surface area contributed by atoms with Crippen LogP contribution in [0.4, 0.5) is 0 Å². The van der Waals surface area contributed by atoms with Crippen LogP contribution in [-0.4, -0.2) is 21.1 Å². The molecule has 1 atom stereocenters. The van der Waals surface area contributed by atoms with Crippen molar-refractivity contribution in [1.29, 1.82) is 0 Å². The topological polar surface area (TPSA) is 62.5 Å². The van der Waals surface area contributed by atoms with E-state index in [1.54, 1.807) is 0 Å². The Kier molecular flexibility index (Phi) is 4.66. The van der Waals surface area contributed by atoms with E-state index < -0.39 is 6.04 Å². The third-order valence-corrected chi connectivity index (χ3v) is 4.08. The van der Waals surface area contributed by atoms with Crippen molar-refractivity contribution in [3.8, 4) is 11.8 Å². The molecule has 4 heteroatoms. The Hall–Kier alpha value is -3.01. The average Bonchev–Trinajstić information content (AvgIpc) is 2.88. The second kappa shape index (κ2) is 7.04. The first-order chi connectivity index (χ1) is 11.7. The number of nitrogens with zero attached hydrogens (tertiary/aromatic N) is 1. The van der Waals surface area contributed by atoms with E-state index in [0.717, 1.165) is 17.4 Å². The Labute approximate surface area is 140 Å². The maximum Gasteiger partial charge on any atom is 0.198 e. The van der Waals surface area contributed by atoms with E-state index in [2.05, 4.69) is 0 Å². The SMILES string of the molecule is O=CC(Cc1ccccc1)n1c(O)cc(Cc2ccccc2)c1O. The maximum atomic E-state index is 11.5. The van der Waals surface area contributed by atoms with Gasteiger partial charge in [0.1, 0.15) is 6.29 Å². The van der Waals surface area contributed by atoms with Crippen molar-refractivity contribution in [3.05, 3.63) is 83.4 Å². The van der Waals surface area contributed by atoms with Crippen molar-refractivity contribution < 1.29 is 15.0 Å². The van der Waals surface area contributed by atoms with E-state index in [1.165, 1.54) is 10.6 Å². The smallest absolute Gasteiger partial charge is 0.198 e. The highest BCUT2D eigenvalue weighted by Gasteiger charge is 2.21. The molecule has 0 bridgehead atoms. The molecule has 2 N–H and O–H groups in total. The lowest BCUT2D eigenvalue weighted by Crippen LogP contribution is -2.12. The quantitative estimate of drug-likeness (QED) is 0.683. The fourth-order valence-electron chi connectivity index (χ4n) is 2.88. The fraction of sp³-hybridized carbons (Fsp3) is 0.150. The Morgan fingerprint density at radius 1 is 0.917 bits per heavy atom. The molecule has 0 amide bonds. The molecule has 122 valence electrons. The predicted octanol–water partition coefficient (Wildman–Crippen LogP) is 3.47. The van der Waals surface area contributed by atoms with E-state index in [-0.39, 0.29) is 11.8 Å². The van der Waals surface area contributed by atoms with Gasteiger partial charge in [-0.15, -0.1) is 0 Å². The molecular weight excluding hydrogens is 302 g/mol. The van der Waals surface area contributed by atoms with Crippen molar-refractivity contribution in [2.75, 3.05) is 0 Å². The molecule has 0 aliphatic carbocycles. The lowest BCUT2D eigenvalue weighted by atomic mass is 10.1. The van der Waals surface area contributed by atoms with E-state index in [4.69, 9.17) is 0 Å². The Bertz CT molecular complexity index is 810. The summed E-state index contributed by atoms with van der Waals surface area (Å²) in [4.78, 5) is 11.5. The summed E-state index contributed by atoms with van der Waals surface area (Å²) < 4.78 is 1.29. The van der Waals surface area contributed by atoms with Crippen LogP contribution >= 0.6 is 0 Å². The Morgan fingerprint density at radius 3 is 2.08 bits per heavy atom. The van der Waals surface area contributed by atoms with Gasteiger partial charge in [-0.2, -0.15) is 0 Å². The van der Waals surface area contributed by atoms with Crippen LogP contribution in [0, 0.1) is 0 Å². The second-order valence-electron chi connectivity index (χ2n) is 5.78. The summed E-state index contributed by atoms with van der Waals surface area (Å²) in [6.45, 7) is 0. The molecule has 1 unspecified atom stereocenters. The largest absolute Gasteiger partial charge is 0.494 e. The van der Waals surface area contributed by atoms with Crippen LogP contribution in [-0.2, 0) is 17.6 Å². The molecule has 0 aliphatic rings. The molecule has 0 aliphatic heterocycles. The molecule has 3 rings (SSSR count). The average molecular weight is 321 g/mol. The van der Waals surface area contributed by atoms with Crippen molar-refractivity contribution in [2.24, 2.45) is 0 Å². The molecular formula is C20H19NO3. The van der Waals surface area contributed by atoms with Crippen LogP contribution in [0.3, 0.4) is 0 Å². The van der Waals surface area contributed by atoms with E-state index in [9.17, 15) is 15.0 Å². The van der Waals surface area contributed by atoms with Crippen molar-refractivity contribution in [1.82, 2.24) is 4.57 Å². The number of aromatic nitrogens is 1. The molecule has 3 aromatic rings. The normalized spacial score (nSPS) is 12.0. The number of carbonyl (C=O) groups is 1. The maximum absolute atomic E-state index is 11.5. The first-order valence-electron chi connectivity index (χ1n) is 7.84. The number of aldehydes is 1.